The van der Waals surface area contributed by atoms with Crippen LogP contribution in [0.5, 0.6) is 0 Å². The fourth-order valence-corrected chi connectivity index (χ4v) is 3.10. The molecule has 2 unspecified atom stereocenters. The van der Waals surface area contributed by atoms with Crippen LogP contribution in [0.2, 0.25) is 0 Å². The first-order valence-electron chi connectivity index (χ1n) is 5.47. The number of alkyl halides is 1. The molecular weight excluding hydrogens is 228 g/mol. The molecule has 2 fully saturated rings. The van der Waals surface area contributed by atoms with Gasteiger partial charge in [-0.2, -0.15) is 0 Å². The maximum atomic E-state index is 6.14. The van der Waals surface area contributed by atoms with E-state index in [-0.39, 0.29) is 5.60 Å². The quantitative estimate of drug-likeness (QED) is 0.678. The molecule has 0 N–H and O–H groups in total. The van der Waals surface area contributed by atoms with E-state index in [1.54, 1.807) is 0 Å². The molecule has 0 aromatic carbocycles. The summed E-state index contributed by atoms with van der Waals surface area (Å²) in [6.45, 7) is 2.23. The second-order valence-corrected chi connectivity index (χ2v) is 5.38. The van der Waals surface area contributed by atoms with Gasteiger partial charge in [0.05, 0.1) is 11.7 Å². The van der Waals surface area contributed by atoms with Crippen molar-refractivity contribution < 1.29 is 4.74 Å². The zero-order valence-electron chi connectivity index (χ0n) is 8.39. The molecule has 13 heavy (non-hydrogen) atoms. The Morgan fingerprint density at radius 3 is 2.54 bits per heavy atom. The Morgan fingerprint density at radius 1 is 1.31 bits per heavy atom. The summed E-state index contributed by atoms with van der Waals surface area (Å²) in [5.74, 6) is 0.876. The van der Waals surface area contributed by atoms with Crippen molar-refractivity contribution >= 4 is 15.9 Å². The molecule has 0 bridgehead atoms. The molecule has 1 aliphatic heterocycles. The van der Waals surface area contributed by atoms with Crippen LogP contribution in [0.1, 0.15) is 45.4 Å². The van der Waals surface area contributed by atoms with Crippen LogP contribution < -0.4 is 0 Å². The highest BCUT2D eigenvalue weighted by Gasteiger charge is 2.39. The van der Waals surface area contributed by atoms with Gasteiger partial charge in [0.25, 0.3) is 0 Å². The topological polar surface area (TPSA) is 9.23 Å². The van der Waals surface area contributed by atoms with Crippen LogP contribution in [0.4, 0.5) is 0 Å². The fraction of sp³-hybridized carbons (Fsp3) is 1.00. The van der Waals surface area contributed by atoms with E-state index < -0.39 is 0 Å². The molecular formula is C11H19BrO. The van der Waals surface area contributed by atoms with Crippen molar-refractivity contribution in [3.8, 4) is 0 Å². The van der Waals surface area contributed by atoms with Gasteiger partial charge in [0.2, 0.25) is 0 Å². The summed E-state index contributed by atoms with van der Waals surface area (Å²) in [4.78, 5) is 0. The van der Waals surface area contributed by atoms with Gasteiger partial charge in [0, 0.05) is 5.33 Å². The van der Waals surface area contributed by atoms with Crippen molar-refractivity contribution in [2.75, 3.05) is 5.33 Å². The summed E-state index contributed by atoms with van der Waals surface area (Å²) in [5, 5.41) is 0.989. The highest BCUT2D eigenvalue weighted by molar-refractivity contribution is 9.09. The molecule has 2 heteroatoms. The molecule has 1 saturated carbocycles. The average molecular weight is 247 g/mol. The van der Waals surface area contributed by atoms with Crippen LogP contribution in [-0.2, 0) is 4.74 Å². The molecule has 1 heterocycles. The largest absolute Gasteiger partial charge is 0.371 e. The lowest BCUT2D eigenvalue weighted by atomic mass is 9.97. The van der Waals surface area contributed by atoms with Crippen molar-refractivity contribution in [1.82, 2.24) is 0 Å². The highest BCUT2D eigenvalue weighted by Crippen LogP contribution is 2.40. The molecule has 2 atom stereocenters. The predicted molar refractivity (Wildman–Crippen MR) is 58.3 cm³/mol. The second-order valence-electron chi connectivity index (χ2n) is 4.82. The first-order valence-corrected chi connectivity index (χ1v) is 6.59. The third-order valence-corrected chi connectivity index (χ3v) is 4.79. The Balaban J connectivity index is 1.90. The lowest BCUT2D eigenvalue weighted by Gasteiger charge is -2.24. The van der Waals surface area contributed by atoms with Gasteiger partial charge >= 0.3 is 0 Å². The van der Waals surface area contributed by atoms with Gasteiger partial charge in [-0.05, 0) is 38.5 Å². The first kappa shape index (κ1) is 9.97. The molecule has 0 spiro atoms. The maximum absolute atomic E-state index is 6.14. The highest BCUT2D eigenvalue weighted by atomic mass is 79.9. The number of hydrogen-bond donors (Lipinski definition) is 0. The average Bonchev–Trinajstić information content (AvgIpc) is 2.73. The van der Waals surface area contributed by atoms with Gasteiger partial charge < -0.3 is 4.74 Å². The van der Waals surface area contributed by atoms with E-state index in [1.807, 2.05) is 0 Å². The van der Waals surface area contributed by atoms with Gasteiger partial charge in [-0.1, -0.05) is 28.8 Å². The Morgan fingerprint density at radius 2 is 2.00 bits per heavy atom. The van der Waals surface area contributed by atoms with E-state index in [2.05, 4.69) is 22.9 Å². The molecule has 2 rings (SSSR count). The Hall–Kier alpha value is 0.440. The maximum Gasteiger partial charge on any atom is 0.0755 e. The SMILES string of the molecule is CC1(CBr)CCC(C2CCCC2)O1. The minimum atomic E-state index is 0.132. The monoisotopic (exact) mass is 246 g/mol. The van der Waals surface area contributed by atoms with Gasteiger partial charge in [0.1, 0.15) is 0 Å². The van der Waals surface area contributed by atoms with Crippen LogP contribution in [0.3, 0.4) is 0 Å². The van der Waals surface area contributed by atoms with E-state index >= 15 is 0 Å². The first-order chi connectivity index (χ1) is 6.23. The van der Waals surface area contributed by atoms with Crippen molar-refractivity contribution in [3.05, 3.63) is 0 Å². The summed E-state index contributed by atoms with van der Waals surface area (Å²) < 4.78 is 6.14. The molecule has 0 radical (unpaired) electrons. The summed E-state index contributed by atoms with van der Waals surface area (Å²) >= 11 is 3.54. The van der Waals surface area contributed by atoms with Crippen LogP contribution in [0.25, 0.3) is 0 Å². The van der Waals surface area contributed by atoms with Crippen molar-refractivity contribution in [1.29, 1.82) is 0 Å². The molecule has 0 aromatic heterocycles. The molecule has 0 amide bonds. The van der Waals surface area contributed by atoms with Crippen LogP contribution in [0, 0.1) is 5.92 Å². The summed E-state index contributed by atoms with van der Waals surface area (Å²) in [6, 6.07) is 0. The third-order valence-electron chi connectivity index (χ3n) is 3.60. The van der Waals surface area contributed by atoms with Crippen LogP contribution >= 0.6 is 15.9 Å². The van der Waals surface area contributed by atoms with Crippen LogP contribution in [0.15, 0.2) is 0 Å². The molecule has 2 aliphatic rings. The molecule has 76 valence electrons. The predicted octanol–water partition coefficient (Wildman–Crippen LogP) is 3.51. The summed E-state index contributed by atoms with van der Waals surface area (Å²) in [6.07, 6.45) is 8.76. The van der Waals surface area contributed by atoms with Crippen LogP contribution in [-0.4, -0.2) is 17.0 Å². The molecule has 1 nitrogen and oxygen atoms in total. The van der Waals surface area contributed by atoms with Crippen molar-refractivity contribution in [2.24, 2.45) is 5.92 Å². The molecule has 1 aliphatic carbocycles. The van der Waals surface area contributed by atoms with E-state index in [1.165, 1.54) is 38.5 Å². The summed E-state index contributed by atoms with van der Waals surface area (Å²) in [7, 11) is 0. The number of rotatable bonds is 2. The number of halogens is 1. The Bertz CT molecular complexity index is 177. The zero-order valence-corrected chi connectivity index (χ0v) is 9.98. The Kier molecular flexibility index (Phi) is 2.99. The van der Waals surface area contributed by atoms with E-state index in [4.69, 9.17) is 4.74 Å². The fourth-order valence-electron chi connectivity index (χ4n) is 2.69. The minimum absolute atomic E-state index is 0.132. The Labute approximate surface area is 89.4 Å². The third kappa shape index (κ3) is 2.10. The van der Waals surface area contributed by atoms with Crippen molar-refractivity contribution in [2.45, 2.75) is 57.2 Å². The van der Waals surface area contributed by atoms with E-state index in [0.717, 1.165) is 11.2 Å². The normalized spacial score (nSPS) is 41.5. The lowest BCUT2D eigenvalue weighted by Crippen LogP contribution is -2.28. The smallest absolute Gasteiger partial charge is 0.0755 e. The number of hydrogen-bond acceptors (Lipinski definition) is 1. The number of ether oxygens (including phenoxy) is 1. The minimum Gasteiger partial charge on any atom is -0.371 e. The van der Waals surface area contributed by atoms with Gasteiger partial charge in [-0.25, -0.2) is 0 Å². The summed E-state index contributed by atoms with van der Waals surface area (Å²) in [5.41, 5.74) is 0.132. The standard InChI is InChI=1S/C11H19BrO/c1-11(8-12)7-6-10(13-11)9-4-2-3-5-9/h9-10H,2-8H2,1H3. The molecule has 0 aromatic rings. The zero-order chi connectivity index (χ0) is 9.31. The van der Waals surface area contributed by atoms with E-state index in [0.29, 0.717) is 6.10 Å². The van der Waals surface area contributed by atoms with Gasteiger partial charge in [-0.15, -0.1) is 0 Å². The lowest BCUT2D eigenvalue weighted by molar-refractivity contribution is -0.0356. The van der Waals surface area contributed by atoms with E-state index in [9.17, 15) is 0 Å². The van der Waals surface area contributed by atoms with Gasteiger partial charge in [-0.3, -0.25) is 0 Å². The second kappa shape index (κ2) is 3.90. The molecule has 1 saturated heterocycles. The van der Waals surface area contributed by atoms with Gasteiger partial charge in [0.15, 0.2) is 0 Å². The van der Waals surface area contributed by atoms with Crippen molar-refractivity contribution in [3.63, 3.8) is 0 Å².